The minimum absolute atomic E-state index is 0.0189. The number of rotatable bonds is 5. The van der Waals surface area contributed by atoms with Crippen LogP contribution in [0.1, 0.15) is 26.6 Å². The molecule has 2 aromatic carbocycles. The van der Waals surface area contributed by atoms with Crippen LogP contribution < -0.4 is 9.47 Å². The van der Waals surface area contributed by atoms with E-state index in [9.17, 15) is 0 Å². The highest BCUT2D eigenvalue weighted by molar-refractivity contribution is 5.76. The van der Waals surface area contributed by atoms with E-state index in [2.05, 4.69) is 43.5 Å². The molecule has 0 atom stereocenters. The average Bonchev–Trinajstić information content (AvgIpc) is 2.94. The normalized spacial score (nSPS) is 11.7. The lowest BCUT2D eigenvalue weighted by atomic mass is 9.95. The fourth-order valence-electron chi connectivity index (χ4n) is 2.82. The van der Waals surface area contributed by atoms with Gasteiger partial charge >= 0.3 is 0 Å². The highest BCUT2D eigenvalue weighted by Crippen LogP contribution is 2.26. The van der Waals surface area contributed by atoms with Crippen LogP contribution in [0.25, 0.3) is 11.0 Å². The molecule has 0 saturated carbocycles. The molecule has 0 bridgehead atoms. The molecule has 4 heteroatoms. The predicted octanol–water partition coefficient (Wildman–Crippen LogP) is 4.42. The van der Waals surface area contributed by atoms with Crippen LogP contribution in [0.2, 0.25) is 0 Å². The SMILES string of the molecule is COc1cccc(OCCn2c(C(C)(C)C)nc3ccccc32)c1. The summed E-state index contributed by atoms with van der Waals surface area (Å²) in [5.74, 6) is 2.70. The third-order valence-electron chi connectivity index (χ3n) is 3.95. The van der Waals surface area contributed by atoms with Crippen LogP contribution in [0.15, 0.2) is 48.5 Å². The second-order valence-corrected chi connectivity index (χ2v) is 6.85. The van der Waals surface area contributed by atoms with E-state index >= 15 is 0 Å². The monoisotopic (exact) mass is 324 g/mol. The molecule has 0 N–H and O–H groups in total. The number of benzene rings is 2. The molecule has 0 radical (unpaired) electrons. The quantitative estimate of drug-likeness (QED) is 0.697. The molecule has 0 fully saturated rings. The molecule has 3 rings (SSSR count). The second kappa shape index (κ2) is 6.56. The summed E-state index contributed by atoms with van der Waals surface area (Å²) >= 11 is 0. The van der Waals surface area contributed by atoms with Crippen molar-refractivity contribution in [3.8, 4) is 11.5 Å². The average molecular weight is 324 g/mol. The predicted molar refractivity (Wildman–Crippen MR) is 96.9 cm³/mol. The molecule has 0 unspecified atom stereocenters. The number of fused-ring (bicyclic) bond motifs is 1. The molecule has 3 aromatic rings. The fourth-order valence-corrected chi connectivity index (χ4v) is 2.82. The fraction of sp³-hybridized carbons (Fsp3) is 0.350. The number of para-hydroxylation sites is 2. The van der Waals surface area contributed by atoms with Crippen LogP contribution in [0.4, 0.5) is 0 Å². The number of methoxy groups -OCH3 is 1. The van der Waals surface area contributed by atoms with Crippen molar-refractivity contribution in [2.45, 2.75) is 32.7 Å². The van der Waals surface area contributed by atoms with Gasteiger partial charge in [-0.25, -0.2) is 4.98 Å². The Labute approximate surface area is 143 Å². The van der Waals surface area contributed by atoms with Crippen LogP contribution >= 0.6 is 0 Å². The number of nitrogens with zero attached hydrogens (tertiary/aromatic N) is 2. The van der Waals surface area contributed by atoms with E-state index < -0.39 is 0 Å². The largest absolute Gasteiger partial charge is 0.497 e. The maximum absolute atomic E-state index is 5.91. The summed E-state index contributed by atoms with van der Waals surface area (Å²) in [6.07, 6.45) is 0. The van der Waals surface area contributed by atoms with Gasteiger partial charge in [0.25, 0.3) is 0 Å². The Hall–Kier alpha value is -2.49. The Kier molecular flexibility index (Phi) is 4.47. The summed E-state index contributed by atoms with van der Waals surface area (Å²) in [7, 11) is 1.66. The van der Waals surface area contributed by atoms with E-state index in [0.717, 1.165) is 34.9 Å². The smallest absolute Gasteiger partial charge is 0.123 e. The second-order valence-electron chi connectivity index (χ2n) is 6.85. The zero-order valence-electron chi connectivity index (χ0n) is 14.7. The molecule has 1 aromatic heterocycles. The van der Waals surface area contributed by atoms with Crippen LogP contribution in [0, 0.1) is 0 Å². The first-order chi connectivity index (χ1) is 11.5. The molecule has 24 heavy (non-hydrogen) atoms. The van der Waals surface area contributed by atoms with Crippen molar-refractivity contribution in [3.63, 3.8) is 0 Å². The van der Waals surface area contributed by atoms with Gasteiger partial charge in [-0.15, -0.1) is 0 Å². The number of imidazole rings is 1. The topological polar surface area (TPSA) is 36.3 Å². The molecule has 0 amide bonds. The van der Waals surface area contributed by atoms with Crippen LogP contribution in [-0.4, -0.2) is 23.3 Å². The number of hydrogen-bond donors (Lipinski definition) is 0. The Morgan fingerprint density at radius 1 is 1.00 bits per heavy atom. The minimum Gasteiger partial charge on any atom is -0.497 e. The third kappa shape index (κ3) is 3.37. The zero-order chi connectivity index (χ0) is 17.2. The van der Waals surface area contributed by atoms with Crippen LogP contribution in [0.3, 0.4) is 0 Å². The molecule has 126 valence electrons. The Morgan fingerprint density at radius 3 is 2.50 bits per heavy atom. The van der Waals surface area contributed by atoms with Gasteiger partial charge in [-0.05, 0) is 24.3 Å². The van der Waals surface area contributed by atoms with Crippen LogP contribution in [0.5, 0.6) is 11.5 Å². The Bertz CT molecular complexity index is 831. The van der Waals surface area contributed by atoms with Gasteiger partial charge in [0, 0.05) is 11.5 Å². The van der Waals surface area contributed by atoms with Gasteiger partial charge in [0.1, 0.15) is 23.9 Å². The highest BCUT2D eigenvalue weighted by Gasteiger charge is 2.22. The molecular weight excluding hydrogens is 300 g/mol. The van der Waals surface area contributed by atoms with Gasteiger partial charge in [-0.2, -0.15) is 0 Å². The van der Waals surface area contributed by atoms with Gasteiger partial charge in [0.2, 0.25) is 0 Å². The van der Waals surface area contributed by atoms with Crippen molar-refractivity contribution >= 4 is 11.0 Å². The van der Waals surface area contributed by atoms with E-state index in [-0.39, 0.29) is 5.41 Å². The third-order valence-corrected chi connectivity index (χ3v) is 3.95. The maximum atomic E-state index is 5.91. The van der Waals surface area contributed by atoms with Crippen molar-refractivity contribution in [2.24, 2.45) is 0 Å². The molecule has 0 aliphatic carbocycles. The number of ether oxygens (including phenoxy) is 2. The molecule has 0 aliphatic rings. The highest BCUT2D eigenvalue weighted by atomic mass is 16.5. The van der Waals surface area contributed by atoms with E-state index in [1.807, 2.05) is 30.3 Å². The Balaban J connectivity index is 1.81. The van der Waals surface area contributed by atoms with E-state index in [1.165, 1.54) is 0 Å². The van der Waals surface area contributed by atoms with Gasteiger partial charge in [0.05, 0.1) is 24.7 Å². The van der Waals surface area contributed by atoms with Gasteiger partial charge in [-0.1, -0.05) is 39.0 Å². The molecule has 0 saturated heterocycles. The lowest BCUT2D eigenvalue weighted by molar-refractivity contribution is 0.293. The number of hydrogen-bond acceptors (Lipinski definition) is 3. The van der Waals surface area contributed by atoms with E-state index in [4.69, 9.17) is 14.5 Å². The summed E-state index contributed by atoms with van der Waals surface area (Å²) in [6, 6.07) is 15.9. The first-order valence-corrected chi connectivity index (χ1v) is 8.21. The maximum Gasteiger partial charge on any atom is 0.123 e. The lowest BCUT2D eigenvalue weighted by Crippen LogP contribution is -2.21. The molecule has 4 nitrogen and oxygen atoms in total. The summed E-state index contributed by atoms with van der Waals surface area (Å²) in [5.41, 5.74) is 2.16. The summed E-state index contributed by atoms with van der Waals surface area (Å²) in [5, 5.41) is 0. The zero-order valence-corrected chi connectivity index (χ0v) is 14.7. The summed E-state index contributed by atoms with van der Waals surface area (Å²) in [4.78, 5) is 4.82. The van der Waals surface area contributed by atoms with Crippen molar-refractivity contribution in [2.75, 3.05) is 13.7 Å². The minimum atomic E-state index is -0.0189. The summed E-state index contributed by atoms with van der Waals surface area (Å²) < 4.78 is 13.4. The molecule has 1 heterocycles. The van der Waals surface area contributed by atoms with Gasteiger partial charge in [0.15, 0.2) is 0 Å². The molecular formula is C20H24N2O2. The van der Waals surface area contributed by atoms with Crippen molar-refractivity contribution in [3.05, 3.63) is 54.4 Å². The van der Waals surface area contributed by atoms with E-state index in [1.54, 1.807) is 7.11 Å². The summed E-state index contributed by atoms with van der Waals surface area (Å²) in [6.45, 7) is 7.90. The lowest BCUT2D eigenvalue weighted by Gasteiger charge is -2.20. The van der Waals surface area contributed by atoms with Gasteiger partial charge in [-0.3, -0.25) is 0 Å². The Morgan fingerprint density at radius 2 is 1.75 bits per heavy atom. The molecule has 0 aliphatic heterocycles. The number of aromatic nitrogens is 2. The van der Waals surface area contributed by atoms with Gasteiger partial charge < -0.3 is 14.0 Å². The van der Waals surface area contributed by atoms with E-state index in [0.29, 0.717) is 6.61 Å². The first kappa shape index (κ1) is 16.4. The van der Waals surface area contributed by atoms with Crippen LogP contribution in [-0.2, 0) is 12.0 Å². The standard InChI is InChI=1S/C20H24N2O2/c1-20(2,3)19-21-17-10-5-6-11-18(17)22(19)12-13-24-16-9-7-8-15(14-16)23-4/h5-11,14H,12-13H2,1-4H3. The van der Waals surface area contributed by atoms with Crippen molar-refractivity contribution in [1.29, 1.82) is 0 Å². The van der Waals surface area contributed by atoms with Crippen molar-refractivity contribution < 1.29 is 9.47 Å². The molecule has 0 spiro atoms. The van der Waals surface area contributed by atoms with Crippen molar-refractivity contribution in [1.82, 2.24) is 9.55 Å². The first-order valence-electron chi connectivity index (χ1n) is 8.21.